The lowest BCUT2D eigenvalue weighted by Gasteiger charge is -2.14. The number of carboxylic acids is 2. The molecule has 0 aromatic carbocycles. The first-order valence-electron chi connectivity index (χ1n) is 4.77. The van der Waals surface area contributed by atoms with Crippen LogP contribution in [0.25, 0.3) is 0 Å². The number of hydrogen-bond acceptors (Lipinski definition) is 5. The van der Waals surface area contributed by atoms with Gasteiger partial charge in [-0.3, -0.25) is 4.79 Å². The smallest absolute Gasteiger partial charge is 0.364 e. The van der Waals surface area contributed by atoms with Gasteiger partial charge in [0.2, 0.25) is 0 Å². The molecule has 1 heterocycles. The van der Waals surface area contributed by atoms with Gasteiger partial charge in [-0.15, -0.1) is 0 Å². The number of aliphatic hydroxyl groups is 2. The van der Waals surface area contributed by atoms with Gasteiger partial charge in [0.1, 0.15) is 0 Å². The SMILES string of the molecule is CC1CO1.O=C(O)CCCC(O)(O)C(=O)O. The van der Waals surface area contributed by atoms with Gasteiger partial charge in [-0.05, 0) is 13.3 Å². The highest BCUT2D eigenvalue weighted by atomic mass is 16.6. The average molecular weight is 236 g/mol. The molecule has 1 fully saturated rings. The Hall–Kier alpha value is -1.18. The van der Waals surface area contributed by atoms with Crippen LogP contribution in [0.15, 0.2) is 0 Å². The zero-order valence-electron chi connectivity index (χ0n) is 8.92. The highest BCUT2D eigenvalue weighted by Crippen LogP contribution is 2.10. The van der Waals surface area contributed by atoms with Gasteiger partial charge in [0.25, 0.3) is 5.79 Å². The molecular weight excluding hydrogens is 220 g/mol. The van der Waals surface area contributed by atoms with Crippen LogP contribution in [0.4, 0.5) is 0 Å². The van der Waals surface area contributed by atoms with Gasteiger partial charge in [-0.25, -0.2) is 4.79 Å². The summed E-state index contributed by atoms with van der Waals surface area (Å²) in [6, 6.07) is 0. The number of aliphatic carboxylic acids is 2. The lowest BCUT2D eigenvalue weighted by Crippen LogP contribution is -2.38. The summed E-state index contributed by atoms with van der Waals surface area (Å²) in [6.07, 6.45) is -0.278. The maximum Gasteiger partial charge on any atom is 0.364 e. The molecule has 0 bridgehead atoms. The molecule has 0 aliphatic carbocycles. The van der Waals surface area contributed by atoms with E-state index in [1.165, 1.54) is 0 Å². The second-order valence-electron chi connectivity index (χ2n) is 3.51. The minimum absolute atomic E-state index is 0.0887. The van der Waals surface area contributed by atoms with Crippen molar-refractivity contribution < 1.29 is 34.8 Å². The molecular formula is C9H16O7. The van der Waals surface area contributed by atoms with E-state index in [0.717, 1.165) is 6.61 Å². The first-order chi connectivity index (χ1) is 7.25. The summed E-state index contributed by atoms with van der Waals surface area (Å²) in [7, 11) is 0. The Bertz CT molecular complexity index is 244. The Balaban J connectivity index is 0.000000462. The van der Waals surface area contributed by atoms with Crippen molar-refractivity contribution in [3.8, 4) is 0 Å². The van der Waals surface area contributed by atoms with Crippen molar-refractivity contribution in [3.63, 3.8) is 0 Å². The molecule has 0 aromatic rings. The van der Waals surface area contributed by atoms with Crippen molar-refractivity contribution in [2.24, 2.45) is 0 Å². The van der Waals surface area contributed by atoms with Gasteiger partial charge in [-0.1, -0.05) is 0 Å². The normalized spacial score (nSPS) is 18.3. The zero-order valence-corrected chi connectivity index (χ0v) is 8.92. The fraction of sp³-hybridized carbons (Fsp3) is 0.778. The fourth-order valence-electron chi connectivity index (χ4n) is 0.689. The van der Waals surface area contributed by atoms with Crippen molar-refractivity contribution in [2.45, 2.75) is 38.1 Å². The maximum absolute atomic E-state index is 10.0. The summed E-state index contributed by atoms with van der Waals surface area (Å²) >= 11 is 0. The van der Waals surface area contributed by atoms with Crippen molar-refractivity contribution in [1.29, 1.82) is 0 Å². The summed E-state index contributed by atoms with van der Waals surface area (Å²) < 4.78 is 4.71. The first kappa shape index (κ1) is 14.8. The molecule has 4 N–H and O–H groups in total. The highest BCUT2D eigenvalue weighted by molar-refractivity contribution is 5.74. The number of carbonyl (C=O) groups is 2. The van der Waals surface area contributed by atoms with Crippen LogP contribution in [-0.2, 0) is 14.3 Å². The van der Waals surface area contributed by atoms with Crippen LogP contribution in [-0.4, -0.2) is 50.9 Å². The number of ether oxygens (including phenoxy) is 1. The third-order valence-corrected chi connectivity index (χ3v) is 1.76. The predicted octanol–water partition coefficient (Wildman–Crippen LogP) is -0.588. The third-order valence-electron chi connectivity index (χ3n) is 1.76. The molecule has 7 nitrogen and oxygen atoms in total. The summed E-state index contributed by atoms with van der Waals surface area (Å²) in [5, 5.41) is 33.6. The number of rotatable bonds is 5. The van der Waals surface area contributed by atoms with E-state index in [2.05, 4.69) is 6.92 Å². The van der Waals surface area contributed by atoms with Crippen LogP contribution in [0, 0.1) is 0 Å². The Morgan fingerprint density at radius 1 is 1.38 bits per heavy atom. The van der Waals surface area contributed by atoms with E-state index < -0.39 is 24.1 Å². The largest absolute Gasteiger partial charge is 0.481 e. The molecule has 94 valence electrons. The molecule has 1 aliphatic heterocycles. The third kappa shape index (κ3) is 8.16. The predicted molar refractivity (Wildman–Crippen MR) is 51.7 cm³/mol. The van der Waals surface area contributed by atoms with E-state index >= 15 is 0 Å². The summed E-state index contributed by atoms with van der Waals surface area (Å²) in [5.41, 5.74) is 0. The molecule has 16 heavy (non-hydrogen) atoms. The number of carboxylic acid groups (broad SMARTS) is 2. The molecule has 0 saturated carbocycles. The summed E-state index contributed by atoms with van der Waals surface area (Å²) in [5.74, 6) is -5.68. The van der Waals surface area contributed by atoms with E-state index in [0.29, 0.717) is 6.10 Å². The van der Waals surface area contributed by atoms with Crippen LogP contribution in [0.1, 0.15) is 26.2 Å². The van der Waals surface area contributed by atoms with E-state index in [4.69, 9.17) is 25.2 Å². The number of hydrogen-bond donors (Lipinski definition) is 4. The number of epoxide rings is 1. The molecule has 0 amide bonds. The molecule has 1 aliphatic rings. The van der Waals surface area contributed by atoms with E-state index in [9.17, 15) is 9.59 Å². The van der Waals surface area contributed by atoms with Crippen LogP contribution in [0.3, 0.4) is 0 Å². The van der Waals surface area contributed by atoms with Gasteiger partial charge >= 0.3 is 11.9 Å². The van der Waals surface area contributed by atoms with E-state index in [1.54, 1.807) is 0 Å². The van der Waals surface area contributed by atoms with Crippen molar-refractivity contribution in [1.82, 2.24) is 0 Å². The molecule has 0 aromatic heterocycles. The summed E-state index contributed by atoms with van der Waals surface area (Å²) in [6.45, 7) is 3.04. The van der Waals surface area contributed by atoms with Crippen LogP contribution < -0.4 is 0 Å². The van der Waals surface area contributed by atoms with Crippen molar-refractivity contribution in [3.05, 3.63) is 0 Å². The van der Waals surface area contributed by atoms with Gasteiger partial charge in [0.15, 0.2) is 0 Å². The van der Waals surface area contributed by atoms with Gasteiger partial charge in [-0.2, -0.15) is 0 Å². The van der Waals surface area contributed by atoms with Crippen molar-refractivity contribution in [2.75, 3.05) is 6.61 Å². The second-order valence-corrected chi connectivity index (χ2v) is 3.51. The molecule has 7 heteroatoms. The molecule has 1 atom stereocenters. The van der Waals surface area contributed by atoms with E-state index in [1.807, 2.05) is 0 Å². The van der Waals surface area contributed by atoms with Gasteiger partial charge in [0.05, 0.1) is 12.7 Å². The molecule has 1 rings (SSSR count). The molecule has 1 saturated heterocycles. The summed E-state index contributed by atoms with van der Waals surface area (Å²) in [4.78, 5) is 20.0. The zero-order chi connectivity index (χ0) is 12.8. The van der Waals surface area contributed by atoms with Crippen LogP contribution in [0.5, 0.6) is 0 Å². The van der Waals surface area contributed by atoms with Crippen LogP contribution in [0.2, 0.25) is 0 Å². The Morgan fingerprint density at radius 3 is 2.06 bits per heavy atom. The van der Waals surface area contributed by atoms with Crippen molar-refractivity contribution >= 4 is 11.9 Å². The van der Waals surface area contributed by atoms with E-state index in [-0.39, 0.29) is 12.8 Å². The lowest BCUT2D eigenvalue weighted by atomic mass is 10.1. The molecule has 0 radical (unpaired) electrons. The minimum atomic E-state index is -2.81. The fourth-order valence-corrected chi connectivity index (χ4v) is 0.689. The highest BCUT2D eigenvalue weighted by Gasteiger charge is 2.32. The minimum Gasteiger partial charge on any atom is -0.481 e. The first-order valence-corrected chi connectivity index (χ1v) is 4.77. The molecule has 0 spiro atoms. The van der Waals surface area contributed by atoms with Crippen LogP contribution >= 0.6 is 0 Å². The topological polar surface area (TPSA) is 128 Å². The Labute approximate surface area is 92.3 Å². The Kier molecular flexibility index (Phi) is 5.94. The quantitative estimate of drug-likeness (QED) is 0.371. The monoisotopic (exact) mass is 236 g/mol. The second kappa shape index (κ2) is 6.41. The lowest BCUT2D eigenvalue weighted by molar-refractivity contribution is -0.205. The average Bonchev–Trinajstić information content (AvgIpc) is 2.87. The molecule has 1 unspecified atom stereocenters. The Morgan fingerprint density at radius 2 is 1.81 bits per heavy atom. The maximum atomic E-state index is 10.0. The van der Waals surface area contributed by atoms with Gasteiger partial charge in [0, 0.05) is 12.8 Å². The van der Waals surface area contributed by atoms with Gasteiger partial charge < -0.3 is 25.2 Å². The standard InChI is InChI=1S/C6H10O6.C3H6O/c7-4(8)2-1-3-6(11,12)5(9)10;1-3-2-4-3/h11-12H,1-3H2,(H,7,8)(H,9,10);3H,2H2,1H3.